The number of aromatic nitrogens is 1. The van der Waals surface area contributed by atoms with Crippen LogP contribution in [0.3, 0.4) is 0 Å². The molecular formula is C12H16N4. The van der Waals surface area contributed by atoms with Gasteiger partial charge in [0.05, 0.1) is 11.6 Å². The molecule has 0 spiro atoms. The Hall–Kier alpha value is -1.60. The molecule has 1 saturated heterocycles. The lowest BCUT2D eigenvalue weighted by molar-refractivity contribution is 0.462. The van der Waals surface area contributed by atoms with E-state index in [1.54, 1.807) is 12.3 Å². The lowest BCUT2D eigenvalue weighted by Gasteiger charge is -2.36. The van der Waals surface area contributed by atoms with E-state index in [1.165, 1.54) is 12.8 Å². The zero-order valence-corrected chi connectivity index (χ0v) is 9.26. The molecule has 0 bridgehead atoms. The third kappa shape index (κ3) is 2.15. The van der Waals surface area contributed by atoms with Crippen LogP contribution in [0.4, 0.5) is 5.82 Å². The van der Waals surface area contributed by atoms with Crippen molar-refractivity contribution in [1.29, 1.82) is 5.26 Å². The van der Waals surface area contributed by atoms with Gasteiger partial charge in [-0.25, -0.2) is 4.98 Å². The molecule has 0 amide bonds. The molecule has 0 aliphatic carbocycles. The van der Waals surface area contributed by atoms with Crippen molar-refractivity contribution in [3.05, 3.63) is 23.9 Å². The highest BCUT2D eigenvalue weighted by molar-refractivity contribution is 5.46. The molecule has 1 aromatic rings. The van der Waals surface area contributed by atoms with Crippen molar-refractivity contribution in [2.24, 2.45) is 5.73 Å². The highest BCUT2D eigenvalue weighted by Gasteiger charge is 2.22. The molecule has 4 nitrogen and oxygen atoms in total. The zero-order chi connectivity index (χ0) is 11.4. The highest BCUT2D eigenvalue weighted by Crippen LogP contribution is 2.22. The van der Waals surface area contributed by atoms with Gasteiger partial charge in [-0.3, -0.25) is 0 Å². The Bertz CT molecular complexity index is 396. The average molecular weight is 216 g/mol. The molecule has 1 aliphatic heterocycles. The number of nitrogens with two attached hydrogens (primary N) is 1. The number of hydrogen-bond acceptors (Lipinski definition) is 4. The van der Waals surface area contributed by atoms with Crippen LogP contribution in [0.15, 0.2) is 18.3 Å². The van der Waals surface area contributed by atoms with Gasteiger partial charge in [0.15, 0.2) is 0 Å². The van der Waals surface area contributed by atoms with Crippen molar-refractivity contribution < 1.29 is 0 Å². The lowest BCUT2D eigenvalue weighted by Crippen LogP contribution is -2.44. The minimum Gasteiger partial charge on any atom is -0.352 e. The first kappa shape index (κ1) is 10.9. The molecule has 0 saturated carbocycles. The van der Waals surface area contributed by atoms with Crippen LogP contribution in [0.2, 0.25) is 0 Å². The van der Waals surface area contributed by atoms with E-state index in [-0.39, 0.29) is 0 Å². The second-order valence-corrected chi connectivity index (χ2v) is 4.09. The van der Waals surface area contributed by atoms with Crippen molar-refractivity contribution in [3.63, 3.8) is 0 Å². The van der Waals surface area contributed by atoms with Crippen LogP contribution >= 0.6 is 0 Å². The topological polar surface area (TPSA) is 65.9 Å². The van der Waals surface area contributed by atoms with Crippen molar-refractivity contribution in [3.8, 4) is 6.07 Å². The third-order valence-corrected chi connectivity index (χ3v) is 3.07. The number of nitrogens with zero attached hydrogens (tertiary/aromatic N) is 3. The SMILES string of the molecule is N#Cc1ccnc(N2CCCC[C@H]2CN)c1. The Morgan fingerprint density at radius 3 is 3.19 bits per heavy atom. The molecule has 1 atom stereocenters. The summed E-state index contributed by atoms with van der Waals surface area (Å²) in [5, 5.41) is 8.86. The molecule has 2 heterocycles. The molecule has 84 valence electrons. The normalized spacial score (nSPS) is 20.5. The standard InChI is InChI=1S/C12H16N4/c13-8-10-4-5-15-12(7-10)16-6-2-1-3-11(16)9-14/h4-5,7,11H,1-3,6,9,14H2/t11-/m0/s1. The van der Waals surface area contributed by atoms with Crippen LogP contribution in [-0.4, -0.2) is 24.1 Å². The maximum atomic E-state index is 8.86. The van der Waals surface area contributed by atoms with E-state index in [4.69, 9.17) is 11.0 Å². The van der Waals surface area contributed by atoms with Crippen LogP contribution in [0, 0.1) is 11.3 Å². The van der Waals surface area contributed by atoms with E-state index >= 15 is 0 Å². The summed E-state index contributed by atoms with van der Waals surface area (Å²) in [7, 11) is 0. The number of rotatable bonds is 2. The molecule has 0 aromatic carbocycles. The van der Waals surface area contributed by atoms with Crippen LogP contribution < -0.4 is 10.6 Å². The third-order valence-electron chi connectivity index (χ3n) is 3.07. The molecule has 1 fully saturated rings. The predicted molar refractivity (Wildman–Crippen MR) is 63.0 cm³/mol. The van der Waals surface area contributed by atoms with E-state index in [0.29, 0.717) is 18.2 Å². The van der Waals surface area contributed by atoms with Gasteiger partial charge >= 0.3 is 0 Å². The monoisotopic (exact) mass is 216 g/mol. The smallest absolute Gasteiger partial charge is 0.130 e. The number of anilines is 1. The van der Waals surface area contributed by atoms with Crippen LogP contribution in [0.1, 0.15) is 24.8 Å². The van der Waals surface area contributed by atoms with Gasteiger partial charge in [0.25, 0.3) is 0 Å². The van der Waals surface area contributed by atoms with E-state index in [0.717, 1.165) is 18.8 Å². The van der Waals surface area contributed by atoms with Crippen molar-refractivity contribution in [2.75, 3.05) is 18.0 Å². The van der Waals surface area contributed by atoms with Crippen molar-refractivity contribution in [1.82, 2.24) is 4.98 Å². The molecule has 2 rings (SSSR count). The Morgan fingerprint density at radius 1 is 1.56 bits per heavy atom. The summed E-state index contributed by atoms with van der Waals surface area (Å²) >= 11 is 0. The van der Waals surface area contributed by atoms with Gasteiger partial charge in [-0.1, -0.05) is 0 Å². The summed E-state index contributed by atoms with van der Waals surface area (Å²) in [6.07, 6.45) is 5.22. The van der Waals surface area contributed by atoms with Crippen molar-refractivity contribution >= 4 is 5.82 Å². The maximum absolute atomic E-state index is 8.86. The van der Waals surface area contributed by atoms with E-state index < -0.39 is 0 Å². The summed E-state index contributed by atoms with van der Waals surface area (Å²) in [5.74, 6) is 0.884. The van der Waals surface area contributed by atoms with Gasteiger partial charge < -0.3 is 10.6 Å². The summed E-state index contributed by atoms with van der Waals surface area (Å²) < 4.78 is 0. The summed E-state index contributed by atoms with van der Waals surface area (Å²) in [6.45, 7) is 1.64. The average Bonchev–Trinajstić information content (AvgIpc) is 2.38. The fourth-order valence-corrected chi connectivity index (χ4v) is 2.19. The van der Waals surface area contributed by atoms with Crippen LogP contribution in [0.25, 0.3) is 0 Å². The van der Waals surface area contributed by atoms with Gasteiger partial charge in [-0.15, -0.1) is 0 Å². The first-order valence-corrected chi connectivity index (χ1v) is 5.68. The molecule has 1 aliphatic rings. The van der Waals surface area contributed by atoms with Gasteiger partial charge in [-0.2, -0.15) is 5.26 Å². The minimum absolute atomic E-state index is 0.371. The number of pyridine rings is 1. The minimum atomic E-state index is 0.371. The molecule has 0 radical (unpaired) electrons. The molecule has 4 heteroatoms. The molecule has 0 unspecified atom stereocenters. The van der Waals surface area contributed by atoms with Crippen LogP contribution in [-0.2, 0) is 0 Å². The predicted octanol–water partition coefficient (Wildman–Crippen LogP) is 1.27. The number of piperidine rings is 1. The first-order valence-electron chi connectivity index (χ1n) is 5.68. The lowest BCUT2D eigenvalue weighted by atomic mass is 10.0. The molecule has 1 aromatic heterocycles. The quantitative estimate of drug-likeness (QED) is 0.808. The summed E-state index contributed by atoms with van der Waals surface area (Å²) in [6, 6.07) is 6.08. The summed E-state index contributed by atoms with van der Waals surface area (Å²) in [4.78, 5) is 6.56. The zero-order valence-electron chi connectivity index (χ0n) is 9.26. The Morgan fingerprint density at radius 2 is 2.44 bits per heavy atom. The second-order valence-electron chi connectivity index (χ2n) is 4.09. The number of nitriles is 1. The Labute approximate surface area is 95.7 Å². The van der Waals surface area contributed by atoms with Gasteiger partial charge in [0.1, 0.15) is 5.82 Å². The Kier molecular flexibility index (Phi) is 3.37. The van der Waals surface area contributed by atoms with Gasteiger partial charge in [0, 0.05) is 25.3 Å². The summed E-state index contributed by atoms with van der Waals surface area (Å²) in [5.41, 5.74) is 6.43. The maximum Gasteiger partial charge on any atom is 0.130 e. The van der Waals surface area contributed by atoms with Crippen molar-refractivity contribution in [2.45, 2.75) is 25.3 Å². The second kappa shape index (κ2) is 4.95. The fourth-order valence-electron chi connectivity index (χ4n) is 2.19. The highest BCUT2D eigenvalue weighted by atomic mass is 15.2. The van der Waals surface area contributed by atoms with E-state index in [9.17, 15) is 0 Å². The molecular weight excluding hydrogens is 200 g/mol. The van der Waals surface area contributed by atoms with E-state index in [1.807, 2.05) is 6.07 Å². The largest absolute Gasteiger partial charge is 0.352 e. The van der Waals surface area contributed by atoms with Gasteiger partial charge in [0.2, 0.25) is 0 Å². The molecule has 16 heavy (non-hydrogen) atoms. The van der Waals surface area contributed by atoms with E-state index in [2.05, 4.69) is 16.0 Å². The fraction of sp³-hybridized carbons (Fsp3) is 0.500. The van der Waals surface area contributed by atoms with Gasteiger partial charge in [-0.05, 0) is 31.4 Å². The number of hydrogen-bond donors (Lipinski definition) is 1. The van der Waals surface area contributed by atoms with Crippen LogP contribution in [0.5, 0.6) is 0 Å². The first-order chi connectivity index (χ1) is 7.85. The molecule has 2 N–H and O–H groups in total. The Balaban J connectivity index is 2.24.